The fraction of sp³-hybridized carbons (Fsp3) is 0.469. The minimum Gasteiger partial charge on any atom is -0.395 e. The highest BCUT2D eigenvalue weighted by molar-refractivity contribution is 5.95. The first-order valence-electron chi connectivity index (χ1n) is 15.3. The molecular formula is C32H48N8O5. The van der Waals surface area contributed by atoms with Crippen LogP contribution in [0.2, 0.25) is 0 Å². The number of nitrogens with zero attached hydrogens (tertiary/aromatic N) is 1. The Kier molecular flexibility index (Phi) is 16.7. The van der Waals surface area contributed by atoms with E-state index in [4.69, 9.17) is 22.3 Å². The average molecular weight is 625 g/mol. The number of aliphatic hydroxyl groups is 1. The first-order valence-corrected chi connectivity index (χ1v) is 15.3. The molecule has 0 aliphatic rings. The summed E-state index contributed by atoms with van der Waals surface area (Å²) in [7, 11) is 0. The standard InChI is InChI=1S/C32H48N8O5/c1-2-3-15-26(30(44)38-25(29(43)36-18-19-41)16-10-17-37-32(34)35)39-31(45)27(21-23-13-8-5-9-14-23)40-28(42)24(33)20-22-11-6-4-7-12-22/h4-9,11-14,24-27,41H,2-3,10,15-21,33H2,1H3,(H,36,43)(H,38,44)(H,39,45)(H,40,42)(H4,34,35,37)/t24-,25-,26-,27-/m1/s1. The molecule has 45 heavy (non-hydrogen) atoms. The van der Waals surface area contributed by atoms with Gasteiger partial charge >= 0.3 is 0 Å². The van der Waals surface area contributed by atoms with E-state index in [9.17, 15) is 19.2 Å². The van der Waals surface area contributed by atoms with Crippen LogP contribution in [0.15, 0.2) is 65.7 Å². The summed E-state index contributed by atoms with van der Waals surface area (Å²) in [6.45, 7) is 1.96. The molecule has 0 radical (unpaired) electrons. The van der Waals surface area contributed by atoms with Crippen molar-refractivity contribution in [2.45, 2.75) is 76.0 Å². The quantitative estimate of drug-likeness (QED) is 0.0548. The Hall–Kier alpha value is -4.49. The van der Waals surface area contributed by atoms with Gasteiger partial charge in [-0.25, -0.2) is 0 Å². The Morgan fingerprint density at radius 3 is 1.80 bits per heavy atom. The Bertz CT molecular complexity index is 1220. The van der Waals surface area contributed by atoms with E-state index in [1.165, 1.54) is 0 Å². The molecule has 2 rings (SSSR count). The van der Waals surface area contributed by atoms with Crippen LogP contribution in [0.5, 0.6) is 0 Å². The van der Waals surface area contributed by atoms with E-state index in [0.717, 1.165) is 17.5 Å². The molecule has 13 heteroatoms. The number of rotatable bonds is 20. The Morgan fingerprint density at radius 2 is 1.24 bits per heavy atom. The number of unbranched alkanes of at least 4 members (excludes halogenated alkanes) is 1. The van der Waals surface area contributed by atoms with Crippen molar-refractivity contribution < 1.29 is 24.3 Å². The van der Waals surface area contributed by atoms with Crippen LogP contribution < -0.4 is 38.5 Å². The van der Waals surface area contributed by atoms with Gasteiger partial charge in [0.1, 0.15) is 18.1 Å². The van der Waals surface area contributed by atoms with Gasteiger partial charge in [0.15, 0.2) is 5.96 Å². The van der Waals surface area contributed by atoms with E-state index in [-0.39, 0.29) is 44.9 Å². The molecule has 0 aliphatic carbocycles. The van der Waals surface area contributed by atoms with Crippen molar-refractivity contribution in [1.82, 2.24) is 21.3 Å². The zero-order chi connectivity index (χ0) is 33.0. The van der Waals surface area contributed by atoms with Gasteiger partial charge in [-0.1, -0.05) is 80.4 Å². The Morgan fingerprint density at radius 1 is 0.733 bits per heavy atom. The molecular weight excluding hydrogens is 576 g/mol. The third kappa shape index (κ3) is 14.2. The lowest BCUT2D eigenvalue weighted by Crippen LogP contribution is -2.58. The molecule has 0 fully saturated rings. The number of hydrogen-bond acceptors (Lipinski definition) is 7. The minimum absolute atomic E-state index is 0.0162. The van der Waals surface area contributed by atoms with Gasteiger partial charge in [0.05, 0.1) is 12.6 Å². The van der Waals surface area contributed by atoms with Gasteiger partial charge in [0.2, 0.25) is 23.6 Å². The minimum atomic E-state index is -1.01. The van der Waals surface area contributed by atoms with Crippen molar-refractivity contribution >= 4 is 29.6 Å². The van der Waals surface area contributed by atoms with Crippen LogP contribution in [0.4, 0.5) is 0 Å². The maximum absolute atomic E-state index is 13.7. The van der Waals surface area contributed by atoms with Crippen molar-refractivity contribution in [3.63, 3.8) is 0 Å². The second kappa shape index (κ2) is 20.5. The maximum Gasteiger partial charge on any atom is 0.243 e. The molecule has 0 unspecified atom stereocenters. The molecule has 0 heterocycles. The molecule has 0 saturated heterocycles. The Balaban J connectivity index is 2.20. The Labute approximate surface area is 264 Å². The normalized spacial score (nSPS) is 13.4. The predicted octanol–water partition coefficient (Wildman–Crippen LogP) is -0.394. The molecule has 0 bridgehead atoms. The number of hydrogen-bond donors (Lipinski definition) is 8. The maximum atomic E-state index is 13.7. The summed E-state index contributed by atoms with van der Waals surface area (Å²) in [6, 6.07) is 14.7. The first kappa shape index (κ1) is 36.7. The number of carbonyl (C=O) groups excluding carboxylic acids is 4. The number of amides is 4. The lowest BCUT2D eigenvalue weighted by Gasteiger charge is -2.26. The largest absolute Gasteiger partial charge is 0.395 e. The van der Waals surface area contributed by atoms with E-state index < -0.39 is 47.8 Å². The highest BCUT2D eigenvalue weighted by Crippen LogP contribution is 2.09. The summed E-state index contributed by atoms with van der Waals surface area (Å²) in [4.78, 5) is 57.0. The molecule has 0 aliphatic heterocycles. The lowest BCUT2D eigenvalue weighted by atomic mass is 10.0. The van der Waals surface area contributed by atoms with E-state index in [2.05, 4.69) is 26.3 Å². The van der Waals surface area contributed by atoms with Crippen molar-refractivity contribution in [1.29, 1.82) is 0 Å². The van der Waals surface area contributed by atoms with Crippen LogP contribution in [0, 0.1) is 0 Å². The fourth-order valence-corrected chi connectivity index (χ4v) is 4.59. The van der Waals surface area contributed by atoms with Gasteiger partial charge in [-0.05, 0) is 36.8 Å². The summed E-state index contributed by atoms with van der Waals surface area (Å²) in [5.74, 6) is -2.16. The molecule has 2 aromatic rings. The summed E-state index contributed by atoms with van der Waals surface area (Å²) >= 11 is 0. The second-order valence-corrected chi connectivity index (χ2v) is 10.8. The molecule has 4 atom stereocenters. The lowest BCUT2D eigenvalue weighted by molar-refractivity contribution is -0.134. The monoisotopic (exact) mass is 624 g/mol. The number of nitrogens with two attached hydrogens (primary N) is 3. The third-order valence-corrected chi connectivity index (χ3v) is 7.02. The average Bonchev–Trinajstić information content (AvgIpc) is 3.03. The predicted molar refractivity (Wildman–Crippen MR) is 174 cm³/mol. The number of guanidine groups is 1. The highest BCUT2D eigenvalue weighted by Gasteiger charge is 2.30. The third-order valence-electron chi connectivity index (χ3n) is 7.02. The van der Waals surface area contributed by atoms with Crippen molar-refractivity contribution in [2.24, 2.45) is 22.2 Å². The van der Waals surface area contributed by atoms with Crippen LogP contribution in [0.25, 0.3) is 0 Å². The van der Waals surface area contributed by atoms with Gasteiger partial charge in [0, 0.05) is 19.5 Å². The van der Waals surface area contributed by atoms with E-state index >= 15 is 0 Å². The van der Waals surface area contributed by atoms with Crippen molar-refractivity contribution in [2.75, 3.05) is 19.7 Å². The van der Waals surface area contributed by atoms with Gasteiger partial charge < -0.3 is 43.6 Å². The van der Waals surface area contributed by atoms with Crippen LogP contribution in [0.1, 0.15) is 50.2 Å². The number of benzene rings is 2. The summed E-state index contributed by atoms with van der Waals surface area (Å²) in [6.07, 6.45) is 2.79. The number of aliphatic imine (C=N–C) groups is 1. The van der Waals surface area contributed by atoms with Crippen LogP contribution >= 0.6 is 0 Å². The molecule has 13 nitrogen and oxygen atoms in total. The number of carbonyl (C=O) groups is 4. The fourth-order valence-electron chi connectivity index (χ4n) is 4.59. The summed E-state index contributed by atoms with van der Waals surface area (Å²) in [5, 5.41) is 20.0. The first-order chi connectivity index (χ1) is 21.6. The van der Waals surface area contributed by atoms with Crippen molar-refractivity contribution in [3.8, 4) is 0 Å². The van der Waals surface area contributed by atoms with E-state index in [1.807, 2.05) is 67.6 Å². The highest BCUT2D eigenvalue weighted by atomic mass is 16.3. The second-order valence-electron chi connectivity index (χ2n) is 10.8. The van der Waals surface area contributed by atoms with E-state index in [1.54, 1.807) is 0 Å². The van der Waals surface area contributed by atoms with Gasteiger partial charge in [-0.2, -0.15) is 0 Å². The zero-order valence-electron chi connectivity index (χ0n) is 25.9. The van der Waals surface area contributed by atoms with Gasteiger partial charge in [-0.15, -0.1) is 0 Å². The number of aliphatic hydroxyl groups excluding tert-OH is 1. The molecule has 0 saturated carbocycles. The van der Waals surface area contributed by atoms with Crippen LogP contribution in [-0.2, 0) is 32.0 Å². The SMILES string of the molecule is CCCC[C@@H](NC(=O)[C@@H](Cc1ccccc1)NC(=O)[C@H](N)Cc1ccccc1)C(=O)N[C@H](CCCN=C(N)N)C(=O)NCCO. The molecule has 11 N–H and O–H groups in total. The topological polar surface area (TPSA) is 227 Å². The van der Waals surface area contributed by atoms with Crippen LogP contribution in [0.3, 0.4) is 0 Å². The molecule has 0 spiro atoms. The van der Waals surface area contributed by atoms with Crippen molar-refractivity contribution in [3.05, 3.63) is 71.8 Å². The van der Waals surface area contributed by atoms with Gasteiger partial charge in [0.25, 0.3) is 0 Å². The molecule has 246 valence electrons. The molecule has 0 aromatic heterocycles. The van der Waals surface area contributed by atoms with Crippen LogP contribution in [-0.4, -0.2) is 78.6 Å². The molecule has 2 aromatic carbocycles. The summed E-state index contributed by atoms with van der Waals surface area (Å²) in [5.41, 5.74) is 18.7. The zero-order valence-corrected chi connectivity index (χ0v) is 25.9. The van der Waals surface area contributed by atoms with Gasteiger partial charge in [-0.3, -0.25) is 24.2 Å². The van der Waals surface area contributed by atoms with E-state index in [0.29, 0.717) is 19.3 Å². The smallest absolute Gasteiger partial charge is 0.243 e. The summed E-state index contributed by atoms with van der Waals surface area (Å²) < 4.78 is 0. The molecule has 4 amide bonds. The number of nitrogens with one attached hydrogen (secondary N) is 4.